The van der Waals surface area contributed by atoms with Crippen molar-refractivity contribution in [1.29, 1.82) is 0 Å². The topological polar surface area (TPSA) is 0 Å². The number of benzene rings is 1. The van der Waals surface area contributed by atoms with Gasteiger partial charge in [-0.05, 0) is 36.3 Å². The van der Waals surface area contributed by atoms with E-state index >= 15 is 0 Å². The lowest BCUT2D eigenvalue weighted by atomic mass is 9.99. The molecule has 0 saturated carbocycles. The van der Waals surface area contributed by atoms with Crippen LogP contribution in [0.5, 0.6) is 0 Å². The smallest absolute Gasteiger partial charge is 0.0244 e. The Bertz CT molecular complexity index is 284. The van der Waals surface area contributed by atoms with Crippen molar-refractivity contribution >= 4 is 0 Å². The van der Waals surface area contributed by atoms with E-state index in [0.29, 0.717) is 0 Å². The van der Waals surface area contributed by atoms with Crippen molar-refractivity contribution in [2.75, 3.05) is 0 Å². The molecule has 0 fully saturated rings. The van der Waals surface area contributed by atoms with E-state index in [4.69, 9.17) is 0 Å². The van der Waals surface area contributed by atoms with Crippen molar-refractivity contribution in [3.05, 3.63) is 48.0 Å². The zero-order valence-corrected chi connectivity index (χ0v) is 9.29. The molecule has 0 aliphatic heterocycles. The Morgan fingerprint density at radius 3 is 2.64 bits per heavy atom. The highest BCUT2D eigenvalue weighted by molar-refractivity contribution is 5.24. The van der Waals surface area contributed by atoms with E-state index in [2.05, 4.69) is 44.7 Å². The fraction of sp³-hybridized carbons (Fsp3) is 0.429. The molecule has 0 unspecified atom stereocenters. The molecule has 0 aliphatic rings. The Morgan fingerprint density at radius 1 is 1.29 bits per heavy atom. The zero-order valence-electron chi connectivity index (χ0n) is 9.29. The second-order valence-corrected chi connectivity index (χ2v) is 4.25. The summed E-state index contributed by atoms with van der Waals surface area (Å²) in [6.45, 7) is 8.27. The highest BCUT2D eigenvalue weighted by atomic mass is 14.0. The van der Waals surface area contributed by atoms with Crippen molar-refractivity contribution < 1.29 is 0 Å². The highest BCUT2D eigenvalue weighted by Crippen LogP contribution is 2.11. The first-order valence-electron chi connectivity index (χ1n) is 5.41. The molecule has 0 spiro atoms. The first kappa shape index (κ1) is 11.0. The van der Waals surface area contributed by atoms with Crippen molar-refractivity contribution in [3.8, 4) is 0 Å². The van der Waals surface area contributed by atoms with Gasteiger partial charge in [-0.25, -0.2) is 0 Å². The first-order valence-corrected chi connectivity index (χ1v) is 5.41. The summed E-state index contributed by atoms with van der Waals surface area (Å²) in [5, 5.41) is 0. The minimum absolute atomic E-state index is 0.740. The Morgan fingerprint density at radius 2 is 2.00 bits per heavy atom. The molecule has 0 nitrogen and oxygen atoms in total. The van der Waals surface area contributed by atoms with Gasteiger partial charge in [0.25, 0.3) is 0 Å². The van der Waals surface area contributed by atoms with Crippen LogP contribution in [-0.2, 0) is 12.8 Å². The van der Waals surface area contributed by atoms with Gasteiger partial charge in [0, 0.05) is 0 Å². The van der Waals surface area contributed by atoms with E-state index in [0.717, 1.165) is 18.8 Å². The van der Waals surface area contributed by atoms with Gasteiger partial charge in [-0.2, -0.15) is 0 Å². The standard InChI is InChI=1S/C14H20/c1-4-5-7-13-8-6-9-14(11-13)10-12(2)3/h4,6,8-9,11-12H,1,5,7,10H2,2-3H3. The molecule has 0 heteroatoms. The molecule has 14 heavy (non-hydrogen) atoms. The molecule has 0 radical (unpaired) electrons. The normalized spacial score (nSPS) is 10.5. The van der Waals surface area contributed by atoms with E-state index in [1.807, 2.05) is 6.08 Å². The third-order valence-electron chi connectivity index (χ3n) is 2.27. The van der Waals surface area contributed by atoms with Gasteiger partial charge < -0.3 is 0 Å². The largest absolute Gasteiger partial charge is 0.103 e. The molecular weight excluding hydrogens is 168 g/mol. The number of aryl methyl sites for hydroxylation is 1. The van der Waals surface area contributed by atoms with Gasteiger partial charge >= 0.3 is 0 Å². The molecule has 1 aromatic rings. The summed E-state index contributed by atoms with van der Waals surface area (Å²) in [5.74, 6) is 0.740. The second kappa shape index (κ2) is 5.64. The van der Waals surface area contributed by atoms with E-state index < -0.39 is 0 Å². The molecule has 0 bridgehead atoms. The quantitative estimate of drug-likeness (QED) is 0.613. The first-order chi connectivity index (χ1) is 6.72. The third-order valence-corrected chi connectivity index (χ3v) is 2.27. The van der Waals surface area contributed by atoms with Gasteiger partial charge in [-0.15, -0.1) is 6.58 Å². The Hall–Kier alpha value is -1.04. The fourth-order valence-electron chi connectivity index (χ4n) is 1.65. The Balaban J connectivity index is 2.63. The van der Waals surface area contributed by atoms with Gasteiger partial charge in [0.2, 0.25) is 0 Å². The van der Waals surface area contributed by atoms with Crippen LogP contribution in [0.2, 0.25) is 0 Å². The molecule has 0 amide bonds. The van der Waals surface area contributed by atoms with Crippen LogP contribution >= 0.6 is 0 Å². The lowest BCUT2D eigenvalue weighted by Crippen LogP contribution is -1.95. The predicted octanol–water partition coefficient (Wildman–Crippen LogP) is 4.00. The predicted molar refractivity (Wildman–Crippen MR) is 63.5 cm³/mol. The molecule has 0 N–H and O–H groups in total. The minimum Gasteiger partial charge on any atom is -0.103 e. The summed E-state index contributed by atoms with van der Waals surface area (Å²) >= 11 is 0. The average molecular weight is 188 g/mol. The van der Waals surface area contributed by atoms with Crippen LogP contribution in [0.15, 0.2) is 36.9 Å². The maximum absolute atomic E-state index is 3.75. The second-order valence-electron chi connectivity index (χ2n) is 4.25. The fourth-order valence-corrected chi connectivity index (χ4v) is 1.65. The van der Waals surface area contributed by atoms with Gasteiger partial charge in [0.1, 0.15) is 0 Å². The molecule has 0 aromatic heterocycles. The van der Waals surface area contributed by atoms with Crippen molar-refractivity contribution in [2.24, 2.45) is 5.92 Å². The van der Waals surface area contributed by atoms with E-state index in [9.17, 15) is 0 Å². The molecule has 76 valence electrons. The Labute approximate surface area is 87.7 Å². The maximum Gasteiger partial charge on any atom is -0.0244 e. The van der Waals surface area contributed by atoms with Crippen molar-refractivity contribution in [2.45, 2.75) is 33.1 Å². The molecule has 0 aliphatic carbocycles. The number of allylic oxidation sites excluding steroid dienone is 1. The SMILES string of the molecule is C=CCCc1cccc(CC(C)C)c1. The maximum atomic E-state index is 3.75. The molecule has 1 aromatic carbocycles. The summed E-state index contributed by atoms with van der Waals surface area (Å²) in [7, 11) is 0. The van der Waals surface area contributed by atoms with Gasteiger partial charge in [-0.1, -0.05) is 44.2 Å². The van der Waals surface area contributed by atoms with Gasteiger partial charge in [0.15, 0.2) is 0 Å². The van der Waals surface area contributed by atoms with Gasteiger partial charge in [0.05, 0.1) is 0 Å². The van der Waals surface area contributed by atoms with Gasteiger partial charge in [-0.3, -0.25) is 0 Å². The van der Waals surface area contributed by atoms with Crippen LogP contribution < -0.4 is 0 Å². The molecule has 0 atom stereocenters. The molecule has 0 heterocycles. The van der Waals surface area contributed by atoms with E-state index in [1.54, 1.807) is 0 Å². The summed E-state index contributed by atoms with van der Waals surface area (Å²) in [5.41, 5.74) is 2.89. The molecule has 1 rings (SSSR count). The van der Waals surface area contributed by atoms with E-state index in [-0.39, 0.29) is 0 Å². The van der Waals surface area contributed by atoms with Crippen LogP contribution in [-0.4, -0.2) is 0 Å². The Kier molecular flexibility index (Phi) is 4.45. The van der Waals surface area contributed by atoms with Crippen LogP contribution in [0, 0.1) is 5.92 Å². The van der Waals surface area contributed by atoms with Crippen LogP contribution in [0.25, 0.3) is 0 Å². The summed E-state index contributed by atoms with van der Waals surface area (Å²) < 4.78 is 0. The van der Waals surface area contributed by atoms with Crippen LogP contribution in [0.4, 0.5) is 0 Å². The van der Waals surface area contributed by atoms with Crippen LogP contribution in [0.3, 0.4) is 0 Å². The number of rotatable bonds is 5. The summed E-state index contributed by atoms with van der Waals surface area (Å²) in [6, 6.07) is 8.91. The monoisotopic (exact) mass is 188 g/mol. The third kappa shape index (κ3) is 3.78. The average Bonchev–Trinajstić information content (AvgIpc) is 2.14. The van der Waals surface area contributed by atoms with Crippen molar-refractivity contribution in [3.63, 3.8) is 0 Å². The lowest BCUT2D eigenvalue weighted by molar-refractivity contribution is 0.646. The lowest BCUT2D eigenvalue weighted by Gasteiger charge is -2.06. The zero-order chi connectivity index (χ0) is 10.4. The number of hydrogen-bond donors (Lipinski definition) is 0. The van der Waals surface area contributed by atoms with Crippen LogP contribution in [0.1, 0.15) is 31.4 Å². The highest BCUT2D eigenvalue weighted by Gasteiger charge is 1.98. The van der Waals surface area contributed by atoms with Crippen molar-refractivity contribution in [1.82, 2.24) is 0 Å². The number of hydrogen-bond acceptors (Lipinski definition) is 0. The molecular formula is C14H20. The summed E-state index contributed by atoms with van der Waals surface area (Å²) in [6.07, 6.45) is 5.36. The molecule has 0 saturated heterocycles. The minimum atomic E-state index is 0.740. The summed E-state index contributed by atoms with van der Waals surface area (Å²) in [4.78, 5) is 0. The van der Waals surface area contributed by atoms with E-state index in [1.165, 1.54) is 17.5 Å².